The first-order valence-corrected chi connectivity index (χ1v) is 5.68. The Kier molecular flexibility index (Phi) is 5.70. The average Bonchev–Trinajstić information content (AvgIpc) is 2.42. The Morgan fingerprint density at radius 1 is 1.44 bits per heavy atom. The number of benzene rings is 1. The van der Waals surface area contributed by atoms with E-state index < -0.39 is 0 Å². The molecule has 0 fully saturated rings. The van der Waals surface area contributed by atoms with Crippen molar-refractivity contribution >= 4 is 12.2 Å². The highest BCUT2D eigenvalue weighted by atomic mass is 16.5. The minimum atomic E-state index is -0.00696. The number of carbonyl (C=O) groups is 2. The first-order valence-electron chi connectivity index (χ1n) is 5.68. The lowest BCUT2D eigenvalue weighted by molar-refractivity contribution is -0.120. The van der Waals surface area contributed by atoms with Gasteiger partial charge in [-0.25, -0.2) is 0 Å². The lowest BCUT2D eigenvalue weighted by Gasteiger charge is -2.09. The van der Waals surface area contributed by atoms with Crippen molar-refractivity contribution in [1.82, 2.24) is 5.32 Å². The molecule has 0 saturated heterocycles. The molecule has 1 aromatic rings. The van der Waals surface area contributed by atoms with E-state index in [9.17, 15) is 9.59 Å². The smallest absolute Gasteiger partial charge is 0.219 e. The normalized spacial score (nSPS) is 9.67. The van der Waals surface area contributed by atoms with Crippen LogP contribution in [0.3, 0.4) is 0 Å². The molecule has 1 N–H and O–H groups in total. The third kappa shape index (κ3) is 4.08. The topological polar surface area (TPSA) is 64.6 Å². The number of hydrogen-bond donors (Lipinski definition) is 1. The van der Waals surface area contributed by atoms with Gasteiger partial charge in [-0.2, -0.15) is 0 Å². The van der Waals surface area contributed by atoms with Gasteiger partial charge < -0.3 is 14.8 Å². The summed E-state index contributed by atoms with van der Waals surface area (Å²) in [6.07, 6.45) is 1.80. The second-order valence-corrected chi connectivity index (χ2v) is 3.65. The SMILES string of the molecule is CNC(=O)CCCOc1ccc(C=O)c(OC)c1. The van der Waals surface area contributed by atoms with E-state index in [-0.39, 0.29) is 5.91 Å². The molecule has 0 heterocycles. The van der Waals surface area contributed by atoms with E-state index in [1.807, 2.05) is 0 Å². The van der Waals surface area contributed by atoms with Crippen molar-refractivity contribution in [2.75, 3.05) is 20.8 Å². The number of amides is 1. The van der Waals surface area contributed by atoms with Gasteiger partial charge in [-0.15, -0.1) is 0 Å². The quantitative estimate of drug-likeness (QED) is 0.588. The van der Waals surface area contributed by atoms with Gasteiger partial charge in [0.2, 0.25) is 5.91 Å². The van der Waals surface area contributed by atoms with Crippen LogP contribution in [-0.4, -0.2) is 33.0 Å². The second kappa shape index (κ2) is 7.32. The summed E-state index contributed by atoms with van der Waals surface area (Å²) in [5.41, 5.74) is 0.482. The van der Waals surface area contributed by atoms with Crippen molar-refractivity contribution in [1.29, 1.82) is 0 Å². The molecule has 0 aliphatic heterocycles. The summed E-state index contributed by atoms with van der Waals surface area (Å²) < 4.78 is 10.5. The first kappa shape index (κ1) is 14.0. The van der Waals surface area contributed by atoms with Gasteiger partial charge in [0.05, 0.1) is 19.3 Å². The standard InChI is InChI=1S/C13H17NO4/c1-14-13(16)4-3-7-18-11-6-5-10(9-15)12(8-11)17-2/h5-6,8-9H,3-4,7H2,1-2H3,(H,14,16). The molecule has 1 amide bonds. The zero-order valence-electron chi connectivity index (χ0n) is 10.6. The number of ether oxygens (including phenoxy) is 2. The van der Waals surface area contributed by atoms with Gasteiger partial charge >= 0.3 is 0 Å². The van der Waals surface area contributed by atoms with Crippen LogP contribution >= 0.6 is 0 Å². The molecule has 1 aromatic carbocycles. The molecule has 5 heteroatoms. The van der Waals surface area contributed by atoms with Gasteiger partial charge in [0.1, 0.15) is 11.5 Å². The Labute approximate surface area is 106 Å². The molecule has 0 spiro atoms. The molecule has 18 heavy (non-hydrogen) atoms. The van der Waals surface area contributed by atoms with Crippen molar-refractivity contribution in [3.8, 4) is 11.5 Å². The van der Waals surface area contributed by atoms with E-state index in [1.54, 1.807) is 25.2 Å². The molecule has 98 valence electrons. The zero-order chi connectivity index (χ0) is 13.4. The number of nitrogens with one attached hydrogen (secondary N) is 1. The monoisotopic (exact) mass is 251 g/mol. The predicted molar refractivity (Wildman–Crippen MR) is 67.2 cm³/mol. The highest BCUT2D eigenvalue weighted by Crippen LogP contribution is 2.23. The van der Waals surface area contributed by atoms with Crippen LogP contribution < -0.4 is 14.8 Å². The van der Waals surface area contributed by atoms with Crippen molar-refractivity contribution in [2.24, 2.45) is 0 Å². The molecular weight excluding hydrogens is 234 g/mol. The van der Waals surface area contributed by atoms with Gasteiger partial charge in [0.25, 0.3) is 0 Å². The minimum Gasteiger partial charge on any atom is -0.496 e. The molecule has 0 saturated carbocycles. The number of carbonyl (C=O) groups excluding carboxylic acids is 2. The van der Waals surface area contributed by atoms with Gasteiger partial charge in [0, 0.05) is 19.5 Å². The van der Waals surface area contributed by atoms with Crippen molar-refractivity contribution in [3.05, 3.63) is 23.8 Å². The lowest BCUT2D eigenvalue weighted by Crippen LogP contribution is -2.18. The van der Waals surface area contributed by atoms with Crippen LogP contribution in [0, 0.1) is 0 Å². The summed E-state index contributed by atoms with van der Waals surface area (Å²) in [5, 5.41) is 2.54. The molecule has 1 rings (SSSR count). The van der Waals surface area contributed by atoms with Crippen LogP contribution in [-0.2, 0) is 4.79 Å². The Morgan fingerprint density at radius 3 is 2.83 bits per heavy atom. The Bertz CT molecular complexity index is 417. The Balaban J connectivity index is 2.48. The molecule has 0 aliphatic rings. The van der Waals surface area contributed by atoms with Crippen LogP contribution in [0.1, 0.15) is 23.2 Å². The Hall–Kier alpha value is -2.04. The molecule has 0 bridgehead atoms. The maximum absolute atomic E-state index is 11.0. The highest BCUT2D eigenvalue weighted by molar-refractivity contribution is 5.79. The van der Waals surface area contributed by atoms with Crippen LogP contribution in [0.25, 0.3) is 0 Å². The Morgan fingerprint density at radius 2 is 2.22 bits per heavy atom. The fourth-order valence-corrected chi connectivity index (χ4v) is 1.43. The lowest BCUT2D eigenvalue weighted by atomic mass is 10.2. The number of rotatable bonds is 7. The molecule has 0 aliphatic carbocycles. The van der Waals surface area contributed by atoms with E-state index >= 15 is 0 Å². The summed E-state index contributed by atoms with van der Waals surface area (Å²) in [6.45, 7) is 0.441. The molecular formula is C13H17NO4. The van der Waals surface area contributed by atoms with Crippen LogP contribution in [0.5, 0.6) is 11.5 Å². The number of aldehydes is 1. The van der Waals surface area contributed by atoms with Crippen LogP contribution in [0.2, 0.25) is 0 Å². The van der Waals surface area contributed by atoms with Gasteiger partial charge in [-0.3, -0.25) is 9.59 Å². The van der Waals surface area contributed by atoms with Crippen LogP contribution in [0.4, 0.5) is 0 Å². The minimum absolute atomic E-state index is 0.00696. The molecule has 5 nitrogen and oxygen atoms in total. The zero-order valence-corrected chi connectivity index (χ0v) is 10.6. The van der Waals surface area contributed by atoms with E-state index in [2.05, 4.69) is 5.32 Å². The van der Waals surface area contributed by atoms with Crippen LogP contribution in [0.15, 0.2) is 18.2 Å². The first-order chi connectivity index (χ1) is 8.71. The van der Waals surface area contributed by atoms with E-state index in [4.69, 9.17) is 9.47 Å². The third-order valence-corrected chi connectivity index (χ3v) is 2.43. The summed E-state index contributed by atoms with van der Waals surface area (Å²) >= 11 is 0. The van der Waals surface area contributed by atoms with E-state index in [0.29, 0.717) is 36.5 Å². The molecule has 0 radical (unpaired) electrons. The highest BCUT2D eigenvalue weighted by Gasteiger charge is 2.04. The summed E-state index contributed by atoms with van der Waals surface area (Å²) in [4.78, 5) is 21.7. The molecule has 0 aromatic heterocycles. The number of methoxy groups -OCH3 is 1. The maximum Gasteiger partial charge on any atom is 0.219 e. The van der Waals surface area contributed by atoms with Crippen molar-refractivity contribution in [2.45, 2.75) is 12.8 Å². The van der Waals surface area contributed by atoms with Gasteiger partial charge in [0.15, 0.2) is 6.29 Å². The summed E-state index contributed by atoms with van der Waals surface area (Å²) in [5.74, 6) is 1.09. The largest absolute Gasteiger partial charge is 0.496 e. The van der Waals surface area contributed by atoms with Gasteiger partial charge in [-0.1, -0.05) is 0 Å². The maximum atomic E-state index is 11.0. The fourth-order valence-electron chi connectivity index (χ4n) is 1.43. The second-order valence-electron chi connectivity index (χ2n) is 3.65. The van der Waals surface area contributed by atoms with E-state index in [1.165, 1.54) is 7.11 Å². The molecule has 0 atom stereocenters. The van der Waals surface area contributed by atoms with Crippen molar-refractivity contribution in [3.63, 3.8) is 0 Å². The van der Waals surface area contributed by atoms with Crippen molar-refractivity contribution < 1.29 is 19.1 Å². The number of hydrogen-bond acceptors (Lipinski definition) is 4. The van der Waals surface area contributed by atoms with E-state index in [0.717, 1.165) is 6.29 Å². The summed E-state index contributed by atoms with van der Waals surface area (Å²) in [6, 6.07) is 5.00. The average molecular weight is 251 g/mol. The van der Waals surface area contributed by atoms with Gasteiger partial charge in [-0.05, 0) is 18.6 Å². The molecule has 0 unspecified atom stereocenters. The summed E-state index contributed by atoms with van der Waals surface area (Å²) in [7, 11) is 3.10. The third-order valence-electron chi connectivity index (χ3n) is 2.43. The fraction of sp³-hybridized carbons (Fsp3) is 0.385. The predicted octanol–water partition coefficient (Wildman–Crippen LogP) is 1.41.